The van der Waals surface area contributed by atoms with Crippen molar-refractivity contribution in [2.24, 2.45) is 0 Å². The number of benzene rings is 2. The van der Waals surface area contributed by atoms with E-state index in [1.807, 2.05) is 12.4 Å². The number of aromatic nitrogens is 2. The molecule has 0 spiro atoms. The number of aryl methyl sites for hydroxylation is 1. The van der Waals surface area contributed by atoms with Gasteiger partial charge < -0.3 is 10.2 Å². The van der Waals surface area contributed by atoms with Gasteiger partial charge in [0.2, 0.25) is 0 Å². The number of hydrogen-bond donors (Lipinski definition) is 1. The number of fused-ring (bicyclic) bond motifs is 4. The molecule has 5 nitrogen and oxygen atoms in total. The van der Waals surface area contributed by atoms with E-state index in [-0.39, 0.29) is 6.04 Å². The van der Waals surface area contributed by atoms with Crippen LogP contribution in [-0.4, -0.2) is 41.0 Å². The highest BCUT2D eigenvalue weighted by Crippen LogP contribution is 2.40. The van der Waals surface area contributed by atoms with Crippen LogP contribution >= 0.6 is 0 Å². The number of para-hydroxylation sites is 1. The van der Waals surface area contributed by atoms with E-state index in [2.05, 4.69) is 81.8 Å². The quantitative estimate of drug-likeness (QED) is 0.331. The molecule has 0 saturated carbocycles. The molecule has 1 aliphatic heterocycles. The van der Waals surface area contributed by atoms with Gasteiger partial charge in [-0.15, -0.1) is 0 Å². The van der Waals surface area contributed by atoms with Crippen LogP contribution in [0.5, 0.6) is 0 Å². The van der Waals surface area contributed by atoms with Crippen molar-refractivity contribution in [3.05, 3.63) is 113 Å². The molecule has 2 aromatic heterocycles. The van der Waals surface area contributed by atoms with Crippen molar-refractivity contribution in [2.45, 2.75) is 44.8 Å². The summed E-state index contributed by atoms with van der Waals surface area (Å²) in [6.07, 6.45) is 8.41. The summed E-state index contributed by atoms with van der Waals surface area (Å²) in [5.74, 6) is 0. The molecule has 2 aromatic carbocycles. The normalized spacial score (nSPS) is 18.2. The molecule has 1 fully saturated rings. The molecule has 1 saturated heterocycles. The first-order valence-electron chi connectivity index (χ1n) is 14.1. The van der Waals surface area contributed by atoms with Crippen molar-refractivity contribution in [3.8, 4) is 11.1 Å². The molecule has 4 aromatic rings. The van der Waals surface area contributed by atoms with Gasteiger partial charge in [-0.05, 0) is 70.8 Å². The van der Waals surface area contributed by atoms with Crippen LogP contribution in [0.3, 0.4) is 0 Å². The Morgan fingerprint density at radius 1 is 0.816 bits per heavy atom. The van der Waals surface area contributed by atoms with Crippen LogP contribution < -0.4 is 10.2 Å². The predicted molar refractivity (Wildman–Crippen MR) is 153 cm³/mol. The minimum absolute atomic E-state index is 0.289. The van der Waals surface area contributed by atoms with Crippen LogP contribution in [0.2, 0.25) is 0 Å². The Balaban J connectivity index is 1.27. The first-order chi connectivity index (χ1) is 18.8. The van der Waals surface area contributed by atoms with Gasteiger partial charge in [0.05, 0.1) is 17.4 Å². The SMILES string of the molecule is c1ccc2c(c1)Cc1c-2ccnc1CN(Cc1ccccc1N1CCNCC1)[C@H]1CCCc2cccnc21. The number of nitrogens with one attached hydrogen (secondary N) is 1. The van der Waals surface area contributed by atoms with Crippen LogP contribution in [0.25, 0.3) is 11.1 Å². The van der Waals surface area contributed by atoms with Crippen molar-refractivity contribution in [2.75, 3.05) is 31.1 Å². The highest BCUT2D eigenvalue weighted by atomic mass is 15.2. The molecule has 0 radical (unpaired) electrons. The fraction of sp³-hybridized carbons (Fsp3) is 0.333. The lowest BCUT2D eigenvalue weighted by Gasteiger charge is -2.37. The third-order valence-corrected chi connectivity index (χ3v) is 8.60. The van der Waals surface area contributed by atoms with Crippen molar-refractivity contribution in [1.82, 2.24) is 20.2 Å². The molecule has 3 aliphatic rings. The molecular weight excluding hydrogens is 466 g/mol. The van der Waals surface area contributed by atoms with E-state index in [0.29, 0.717) is 0 Å². The van der Waals surface area contributed by atoms with Crippen LogP contribution in [0.15, 0.2) is 79.1 Å². The van der Waals surface area contributed by atoms with Gasteiger partial charge in [-0.25, -0.2) is 0 Å². The summed E-state index contributed by atoms with van der Waals surface area (Å²) < 4.78 is 0. The van der Waals surface area contributed by atoms with Gasteiger partial charge in [0.1, 0.15) is 0 Å². The lowest BCUT2D eigenvalue weighted by molar-refractivity contribution is 0.155. The van der Waals surface area contributed by atoms with Gasteiger partial charge in [-0.2, -0.15) is 0 Å². The fourth-order valence-corrected chi connectivity index (χ4v) is 6.74. The van der Waals surface area contributed by atoms with E-state index in [0.717, 1.165) is 58.5 Å². The zero-order chi connectivity index (χ0) is 25.3. The summed E-state index contributed by atoms with van der Waals surface area (Å²) in [6.45, 7) is 5.90. The number of hydrogen-bond acceptors (Lipinski definition) is 5. The zero-order valence-corrected chi connectivity index (χ0v) is 21.9. The number of rotatable bonds is 6. The predicted octanol–water partition coefficient (Wildman–Crippen LogP) is 5.54. The number of pyridine rings is 2. The number of anilines is 1. The van der Waals surface area contributed by atoms with Gasteiger partial charge in [-0.3, -0.25) is 14.9 Å². The molecule has 1 N–H and O–H groups in total. The lowest BCUT2D eigenvalue weighted by atomic mass is 9.90. The lowest BCUT2D eigenvalue weighted by Crippen LogP contribution is -2.44. The van der Waals surface area contributed by atoms with Crippen LogP contribution in [-0.2, 0) is 25.9 Å². The molecule has 0 bridgehead atoms. The van der Waals surface area contributed by atoms with Crippen LogP contribution in [0, 0.1) is 0 Å². The number of nitrogens with zero attached hydrogens (tertiary/aromatic N) is 4. The van der Waals surface area contributed by atoms with E-state index < -0.39 is 0 Å². The second-order valence-electron chi connectivity index (χ2n) is 10.8. The minimum atomic E-state index is 0.289. The molecule has 3 heterocycles. The summed E-state index contributed by atoms with van der Waals surface area (Å²) in [4.78, 5) is 15.2. The maximum atomic E-state index is 5.00. The monoisotopic (exact) mass is 501 g/mol. The first kappa shape index (κ1) is 23.6. The van der Waals surface area contributed by atoms with Crippen molar-refractivity contribution in [3.63, 3.8) is 0 Å². The summed E-state index contributed by atoms with van der Waals surface area (Å²) in [6, 6.07) is 24.7. The molecule has 1 atom stereocenters. The molecule has 2 aliphatic carbocycles. The van der Waals surface area contributed by atoms with Gasteiger partial charge in [0.15, 0.2) is 0 Å². The Morgan fingerprint density at radius 2 is 1.66 bits per heavy atom. The second-order valence-corrected chi connectivity index (χ2v) is 10.8. The van der Waals surface area contributed by atoms with Gasteiger partial charge in [0, 0.05) is 63.8 Å². The summed E-state index contributed by atoms with van der Waals surface area (Å²) in [5, 5.41) is 3.50. The Kier molecular flexibility index (Phi) is 6.40. The minimum Gasteiger partial charge on any atom is -0.369 e. The first-order valence-corrected chi connectivity index (χ1v) is 14.1. The molecular formula is C33H35N5. The molecule has 0 amide bonds. The van der Waals surface area contributed by atoms with Crippen molar-refractivity contribution < 1.29 is 0 Å². The molecule has 192 valence electrons. The highest BCUT2D eigenvalue weighted by Gasteiger charge is 2.30. The third kappa shape index (κ3) is 4.40. The molecule has 0 unspecified atom stereocenters. The van der Waals surface area contributed by atoms with Gasteiger partial charge >= 0.3 is 0 Å². The highest BCUT2D eigenvalue weighted by molar-refractivity contribution is 5.77. The number of piperazine rings is 1. The smallest absolute Gasteiger partial charge is 0.0607 e. The maximum Gasteiger partial charge on any atom is 0.0607 e. The Morgan fingerprint density at radius 3 is 2.61 bits per heavy atom. The van der Waals surface area contributed by atoms with Crippen LogP contribution in [0.4, 0.5) is 5.69 Å². The van der Waals surface area contributed by atoms with E-state index in [1.165, 1.54) is 56.9 Å². The Bertz CT molecular complexity index is 1440. The fourth-order valence-electron chi connectivity index (χ4n) is 6.74. The topological polar surface area (TPSA) is 44.3 Å². The van der Waals surface area contributed by atoms with E-state index in [4.69, 9.17) is 9.97 Å². The second kappa shape index (κ2) is 10.3. The standard InChI is InChI=1S/C33H35N5/c1-3-11-27-25(7-1)21-29-28(27)14-16-35-30(29)23-38(32-13-5-9-24-10-6-15-36-33(24)32)22-26-8-2-4-12-31(26)37-19-17-34-18-20-37/h1-4,6-8,10-12,14-16,32,34H,5,9,13,17-23H2/t32-/m0/s1. The zero-order valence-electron chi connectivity index (χ0n) is 21.9. The Hall–Kier alpha value is -3.54. The van der Waals surface area contributed by atoms with Crippen LogP contribution in [0.1, 0.15) is 52.5 Å². The van der Waals surface area contributed by atoms with E-state index >= 15 is 0 Å². The largest absolute Gasteiger partial charge is 0.369 e. The molecule has 38 heavy (non-hydrogen) atoms. The molecule has 7 rings (SSSR count). The van der Waals surface area contributed by atoms with Crippen molar-refractivity contribution >= 4 is 5.69 Å². The van der Waals surface area contributed by atoms with Gasteiger partial charge in [-0.1, -0.05) is 48.5 Å². The van der Waals surface area contributed by atoms with Crippen molar-refractivity contribution in [1.29, 1.82) is 0 Å². The summed E-state index contributed by atoms with van der Waals surface area (Å²) in [5.41, 5.74) is 12.2. The van der Waals surface area contributed by atoms with E-state index in [9.17, 15) is 0 Å². The average molecular weight is 502 g/mol. The maximum absolute atomic E-state index is 5.00. The third-order valence-electron chi connectivity index (χ3n) is 8.60. The summed E-state index contributed by atoms with van der Waals surface area (Å²) >= 11 is 0. The van der Waals surface area contributed by atoms with E-state index in [1.54, 1.807) is 0 Å². The summed E-state index contributed by atoms with van der Waals surface area (Å²) in [7, 11) is 0. The molecule has 5 heteroatoms. The average Bonchev–Trinajstić information content (AvgIpc) is 3.37. The Labute approximate surface area is 225 Å². The van der Waals surface area contributed by atoms with Gasteiger partial charge in [0.25, 0.3) is 0 Å².